The molecule has 0 aliphatic heterocycles. The molecule has 3 aromatic rings. The molecule has 0 atom stereocenters. The van der Waals surface area contributed by atoms with Crippen LogP contribution in [0.25, 0.3) is 0 Å². The first-order valence-corrected chi connectivity index (χ1v) is 10.4. The highest BCUT2D eigenvalue weighted by molar-refractivity contribution is 7.92. The molecule has 0 saturated heterocycles. The van der Waals surface area contributed by atoms with E-state index in [1.54, 1.807) is 6.07 Å². The number of aromatic nitrogens is 1. The van der Waals surface area contributed by atoms with Crippen molar-refractivity contribution < 1.29 is 13.2 Å². The number of amides is 1. The Morgan fingerprint density at radius 1 is 0.893 bits per heavy atom. The molecule has 6 nitrogen and oxygen atoms in total. The summed E-state index contributed by atoms with van der Waals surface area (Å²) in [5.74, 6) is -0.547. The summed E-state index contributed by atoms with van der Waals surface area (Å²) in [6.45, 7) is 0. The van der Waals surface area contributed by atoms with Gasteiger partial charge in [-0.05, 0) is 54.6 Å². The first-order chi connectivity index (χ1) is 13.2. The van der Waals surface area contributed by atoms with E-state index in [-0.39, 0.29) is 26.3 Å². The maximum absolute atomic E-state index is 12.6. The number of hydrogen-bond acceptors (Lipinski definition) is 4. The van der Waals surface area contributed by atoms with Crippen molar-refractivity contribution in [2.45, 2.75) is 4.90 Å². The third-order valence-electron chi connectivity index (χ3n) is 3.58. The highest BCUT2D eigenvalue weighted by Gasteiger charge is 2.19. The van der Waals surface area contributed by atoms with E-state index in [2.05, 4.69) is 15.0 Å². The summed E-state index contributed by atoms with van der Waals surface area (Å²) in [6.07, 6.45) is 1.38. The Balaban J connectivity index is 1.91. The fourth-order valence-corrected chi connectivity index (χ4v) is 3.75. The van der Waals surface area contributed by atoms with Crippen LogP contribution >= 0.6 is 34.8 Å². The largest absolute Gasteiger partial charge is 0.321 e. The highest BCUT2D eigenvalue weighted by Crippen LogP contribution is 2.26. The molecule has 0 bridgehead atoms. The van der Waals surface area contributed by atoms with Gasteiger partial charge in [-0.25, -0.2) is 13.4 Å². The zero-order valence-corrected chi connectivity index (χ0v) is 17.1. The van der Waals surface area contributed by atoms with E-state index in [4.69, 9.17) is 34.8 Å². The van der Waals surface area contributed by atoms with Gasteiger partial charge in [-0.3, -0.25) is 9.52 Å². The Bertz CT molecular complexity index is 1120. The van der Waals surface area contributed by atoms with Crippen molar-refractivity contribution >= 4 is 62.1 Å². The Hall–Kier alpha value is -2.32. The Morgan fingerprint density at radius 2 is 1.57 bits per heavy atom. The summed E-state index contributed by atoms with van der Waals surface area (Å²) in [7, 11) is -3.96. The summed E-state index contributed by atoms with van der Waals surface area (Å²) in [6, 6.07) is 13.0. The predicted octanol–water partition coefficient (Wildman–Crippen LogP) is 5.09. The van der Waals surface area contributed by atoms with E-state index < -0.39 is 15.9 Å². The van der Waals surface area contributed by atoms with E-state index in [1.807, 2.05) is 0 Å². The summed E-state index contributed by atoms with van der Waals surface area (Å²) >= 11 is 17.5. The van der Waals surface area contributed by atoms with Gasteiger partial charge in [0.2, 0.25) is 0 Å². The van der Waals surface area contributed by atoms with E-state index in [0.717, 1.165) is 0 Å². The van der Waals surface area contributed by atoms with Crippen molar-refractivity contribution in [3.63, 3.8) is 0 Å². The SMILES string of the molecule is O=C(Nc1ccc(Cl)nc1)c1ccc(Cl)cc1NS(=O)(=O)c1ccc(Cl)cc1. The van der Waals surface area contributed by atoms with Gasteiger partial charge in [0.05, 0.1) is 28.0 Å². The molecule has 2 aromatic carbocycles. The number of nitrogens with zero attached hydrogens (tertiary/aromatic N) is 1. The molecule has 0 aliphatic carbocycles. The number of rotatable bonds is 5. The summed E-state index contributed by atoms with van der Waals surface area (Å²) in [4.78, 5) is 16.5. The molecule has 0 unspecified atom stereocenters. The molecule has 2 N–H and O–H groups in total. The fraction of sp³-hybridized carbons (Fsp3) is 0. The molecule has 0 saturated carbocycles. The highest BCUT2D eigenvalue weighted by atomic mass is 35.5. The Kier molecular flexibility index (Phi) is 6.10. The average molecular weight is 457 g/mol. The lowest BCUT2D eigenvalue weighted by atomic mass is 10.1. The molecule has 3 rings (SSSR count). The Labute approximate surface area is 176 Å². The molecule has 1 amide bonds. The number of benzene rings is 2. The number of carbonyl (C=O) groups is 1. The van der Waals surface area contributed by atoms with Gasteiger partial charge < -0.3 is 5.32 Å². The number of hydrogen-bond donors (Lipinski definition) is 2. The average Bonchev–Trinajstić information content (AvgIpc) is 2.63. The molecule has 1 heterocycles. The molecule has 28 heavy (non-hydrogen) atoms. The number of halogens is 3. The van der Waals surface area contributed by atoms with E-state index >= 15 is 0 Å². The second-order valence-corrected chi connectivity index (χ2v) is 8.52. The summed E-state index contributed by atoms with van der Waals surface area (Å²) < 4.78 is 27.7. The van der Waals surface area contributed by atoms with Crippen molar-refractivity contribution in [3.05, 3.63) is 81.6 Å². The molecular weight excluding hydrogens is 445 g/mol. The minimum atomic E-state index is -3.96. The number of nitrogens with one attached hydrogen (secondary N) is 2. The van der Waals surface area contributed by atoms with Crippen molar-refractivity contribution in [3.8, 4) is 0 Å². The molecule has 1 aromatic heterocycles. The minimum Gasteiger partial charge on any atom is -0.321 e. The van der Waals surface area contributed by atoms with Crippen LogP contribution in [-0.2, 0) is 10.0 Å². The van der Waals surface area contributed by atoms with Gasteiger partial charge in [0.25, 0.3) is 15.9 Å². The normalized spacial score (nSPS) is 11.1. The first kappa shape index (κ1) is 20.4. The smallest absolute Gasteiger partial charge is 0.261 e. The number of sulfonamides is 1. The zero-order valence-electron chi connectivity index (χ0n) is 14.0. The first-order valence-electron chi connectivity index (χ1n) is 7.75. The molecular formula is C18H12Cl3N3O3S. The van der Waals surface area contributed by atoms with Crippen LogP contribution < -0.4 is 10.0 Å². The summed E-state index contributed by atoms with van der Waals surface area (Å²) in [5, 5.41) is 3.57. The van der Waals surface area contributed by atoms with Crippen LogP contribution in [0.15, 0.2) is 65.7 Å². The van der Waals surface area contributed by atoms with Crippen LogP contribution in [0.3, 0.4) is 0 Å². The van der Waals surface area contributed by atoms with Gasteiger partial charge in [-0.2, -0.15) is 0 Å². The standard InChI is InChI=1S/C18H12Cl3N3O3S/c19-11-1-5-14(6-2-11)28(26,27)24-16-9-12(20)3-7-15(16)18(25)23-13-4-8-17(21)22-10-13/h1-10,24H,(H,23,25). The minimum absolute atomic E-state index is 0.00913. The third-order valence-corrected chi connectivity index (χ3v) is 5.67. The van der Waals surface area contributed by atoms with E-state index in [9.17, 15) is 13.2 Å². The second-order valence-electron chi connectivity index (χ2n) is 5.57. The lowest BCUT2D eigenvalue weighted by Gasteiger charge is -2.13. The number of carbonyl (C=O) groups excluding carboxylic acids is 1. The van der Waals surface area contributed by atoms with Crippen molar-refractivity contribution in [1.29, 1.82) is 0 Å². The molecule has 0 spiro atoms. The Morgan fingerprint density at radius 3 is 2.21 bits per heavy atom. The predicted molar refractivity (Wildman–Crippen MR) is 111 cm³/mol. The quantitative estimate of drug-likeness (QED) is 0.523. The van der Waals surface area contributed by atoms with Gasteiger partial charge in [0.15, 0.2) is 0 Å². The monoisotopic (exact) mass is 455 g/mol. The second kappa shape index (κ2) is 8.36. The van der Waals surface area contributed by atoms with Crippen molar-refractivity contribution in [1.82, 2.24) is 4.98 Å². The van der Waals surface area contributed by atoms with Crippen molar-refractivity contribution in [2.75, 3.05) is 10.0 Å². The maximum atomic E-state index is 12.6. The van der Waals surface area contributed by atoms with Crippen molar-refractivity contribution in [2.24, 2.45) is 0 Å². The van der Waals surface area contributed by atoms with Gasteiger partial charge in [-0.1, -0.05) is 34.8 Å². The van der Waals surface area contributed by atoms with E-state index in [1.165, 1.54) is 54.7 Å². The van der Waals surface area contributed by atoms with Gasteiger partial charge in [0, 0.05) is 10.0 Å². The van der Waals surface area contributed by atoms with Gasteiger partial charge in [0.1, 0.15) is 5.15 Å². The van der Waals surface area contributed by atoms with Crippen LogP contribution in [0.5, 0.6) is 0 Å². The molecule has 0 fully saturated rings. The molecule has 144 valence electrons. The lowest BCUT2D eigenvalue weighted by molar-refractivity contribution is 0.102. The fourth-order valence-electron chi connectivity index (χ4n) is 2.26. The van der Waals surface area contributed by atoms with Gasteiger partial charge in [-0.15, -0.1) is 0 Å². The number of pyridine rings is 1. The van der Waals surface area contributed by atoms with Gasteiger partial charge >= 0.3 is 0 Å². The lowest BCUT2D eigenvalue weighted by Crippen LogP contribution is -2.18. The topological polar surface area (TPSA) is 88.2 Å². The van der Waals surface area contributed by atoms with Crippen LogP contribution in [0.2, 0.25) is 15.2 Å². The molecule has 10 heteroatoms. The van der Waals surface area contributed by atoms with E-state index in [0.29, 0.717) is 10.7 Å². The summed E-state index contributed by atoms with van der Waals surface area (Å²) in [5.41, 5.74) is 0.509. The maximum Gasteiger partial charge on any atom is 0.261 e. The van der Waals surface area contributed by atoms with Crippen LogP contribution in [-0.4, -0.2) is 19.3 Å². The van der Waals surface area contributed by atoms with Crippen LogP contribution in [0, 0.1) is 0 Å². The molecule has 0 radical (unpaired) electrons. The third kappa shape index (κ3) is 4.94. The zero-order chi connectivity index (χ0) is 20.3. The molecule has 0 aliphatic rings. The van der Waals surface area contributed by atoms with Crippen LogP contribution in [0.1, 0.15) is 10.4 Å². The van der Waals surface area contributed by atoms with Crippen LogP contribution in [0.4, 0.5) is 11.4 Å². The number of anilines is 2.